The van der Waals surface area contributed by atoms with Crippen LogP contribution in [0.1, 0.15) is 19.4 Å². The summed E-state index contributed by atoms with van der Waals surface area (Å²) in [5, 5.41) is 5.00. The first-order valence-corrected chi connectivity index (χ1v) is 11.0. The highest BCUT2D eigenvalue weighted by molar-refractivity contribution is 7.94. The number of rotatable bonds is 6. The van der Waals surface area contributed by atoms with E-state index in [0.29, 0.717) is 22.4 Å². The summed E-state index contributed by atoms with van der Waals surface area (Å²) in [5.74, 6) is 0.725. The Morgan fingerprint density at radius 2 is 2.00 bits per heavy atom. The molecule has 3 rings (SSSR count). The molecule has 3 aromatic rings. The van der Waals surface area contributed by atoms with Gasteiger partial charge < -0.3 is 15.4 Å². The zero-order chi connectivity index (χ0) is 20.3. The van der Waals surface area contributed by atoms with Gasteiger partial charge in [0.05, 0.1) is 22.6 Å². The molecular weight excluding hydrogens is 398 g/mol. The van der Waals surface area contributed by atoms with Crippen LogP contribution in [-0.4, -0.2) is 31.8 Å². The molecule has 0 atom stereocenters. The number of urea groups is 1. The lowest BCUT2D eigenvalue weighted by Gasteiger charge is -2.08. The number of aromatic nitrogens is 1. The van der Waals surface area contributed by atoms with E-state index in [1.54, 1.807) is 39.2 Å². The molecule has 2 aromatic carbocycles. The minimum atomic E-state index is -3.42. The van der Waals surface area contributed by atoms with Crippen molar-refractivity contribution in [2.75, 3.05) is 12.4 Å². The van der Waals surface area contributed by atoms with E-state index in [-0.39, 0.29) is 10.4 Å². The molecule has 1 heterocycles. The number of sulfone groups is 1. The average Bonchev–Trinajstić information content (AvgIpc) is 3.10. The summed E-state index contributed by atoms with van der Waals surface area (Å²) >= 11 is 1.10. The Balaban J connectivity index is 1.69. The van der Waals surface area contributed by atoms with Crippen LogP contribution in [0, 0.1) is 0 Å². The second-order valence-electron chi connectivity index (χ2n) is 6.42. The zero-order valence-electron chi connectivity index (χ0n) is 15.7. The molecule has 0 aliphatic carbocycles. The van der Waals surface area contributed by atoms with Gasteiger partial charge in [0.2, 0.25) is 14.2 Å². The standard InChI is InChI=1S/C19H21N3O4S2/c1-12(2)28(24,25)19-22-16-8-7-14(10-17(16)27-19)21-18(23)20-11-13-5-4-6-15(9-13)26-3/h4-10,12H,11H2,1-3H3,(H2,20,21,23). The van der Waals surface area contributed by atoms with Crippen LogP contribution in [0.3, 0.4) is 0 Å². The monoisotopic (exact) mass is 419 g/mol. The SMILES string of the molecule is COc1cccc(CNC(=O)Nc2ccc3nc(S(=O)(=O)C(C)C)sc3c2)c1. The fraction of sp³-hybridized carbons (Fsp3) is 0.263. The Labute approximate surface area is 167 Å². The maximum atomic E-state index is 12.3. The molecule has 2 amide bonds. The molecule has 148 valence electrons. The van der Waals surface area contributed by atoms with Crippen molar-refractivity contribution in [3.05, 3.63) is 48.0 Å². The molecule has 0 aliphatic rings. The number of carbonyl (C=O) groups is 1. The number of nitrogens with one attached hydrogen (secondary N) is 2. The van der Waals surface area contributed by atoms with Crippen LogP contribution < -0.4 is 15.4 Å². The van der Waals surface area contributed by atoms with E-state index in [4.69, 9.17) is 4.74 Å². The lowest BCUT2D eigenvalue weighted by Crippen LogP contribution is -2.28. The van der Waals surface area contributed by atoms with E-state index >= 15 is 0 Å². The summed E-state index contributed by atoms with van der Waals surface area (Å²) in [6, 6.07) is 12.2. The van der Waals surface area contributed by atoms with Crippen molar-refractivity contribution in [1.82, 2.24) is 10.3 Å². The van der Waals surface area contributed by atoms with Gasteiger partial charge in [-0.2, -0.15) is 0 Å². The average molecular weight is 420 g/mol. The third-order valence-electron chi connectivity index (χ3n) is 4.08. The lowest BCUT2D eigenvalue weighted by atomic mass is 10.2. The molecule has 9 heteroatoms. The van der Waals surface area contributed by atoms with E-state index in [9.17, 15) is 13.2 Å². The molecule has 1 aromatic heterocycles. The second kappa shape index (κ2) is 8.15. The largest absolute Gasteiger partial charge is 0.497 e. The van der Waals surface area contributed by atoms with Gasteiger partial charge in [-0.15, -0.1) is 11.3 Å². The molecular formula is C19H21N3O4S2. The summed E-state index contributed by atoms with van der Waals surface area (Å²) in [5.41, 5.74) is 2.07. The first kappa shape index (κ1) is 20.1. The summed E-state index contributed by atoms with van der Waals surface area (Å²) in [6.45, 7) is 3.60. The number of nitrogens with zero attached hydrogens (tertiary/aromatic N) is 1. The molecule has 0 fully saturated rings. The molecule has 0 saturated heterocycles. The van der Waals surface area contributed by atoms with Crippen molar-refractivity contribution >= 4 is 43.1 Å². The number of hydrogen-bond donors (Lipinski definition) is 2. The Hall–Kier alpha value is -2.65. The third-order valence-corrected chi connectivity index (χ3v) is 7.66. The molecule has 0 radical (unpaired) electrons. The van der Waals surface area contributed by atoms with Crippen LogP contribution in [0.15, 0.2) is 46.8 Å². The molecule has 28 heavy (non-hydrogen) atoms. The van der Waals surface area contributed by atoms with Gasteiger partial charge in [0, 0.05) is 12.2 Å². The summed E-state index contributed by atoms with van der Waals surface area (Å²) < 4.78 is 30.5. The highest BCUT2D eigenvalue weighted by atomic mass is 32.2. The molecule has 0 bridgehead atoms. The normalized spacial score (nSPS) is 11.6. The maximum absolute atomic E-state index is 12.3. The number of amides is 2. The molecule has 2 N–H and O–H groups in total. The van der Waals surface area contributed by atoms with Crippen LogP contribution in [-0.2, 0) is 16.4 Å². The van der Waals surface area contributed by atoms with Crippen LogP contribution in [0.5, 0.6) is 5.75 Å². The number of benzene rings is 2. The molecule has 0 spiro atoms. The Morgan fingerprint density at radius 3 is 2.71 bits per heavy atom. The van der Waals surface area contributed by atoms with Gasteiger partial charge in [-0.05, 0) is 49.7 Å². The molecule has 0 aliphatic heterocycles. The van der Waals surface area contributed by atoms with Crippen LogP contribution in [0.4, 0.5) is 10.5 Å². The van der Waals surface area contributed by atoms with E-state index in [0.717, 1.165) is 22.6 Å². The third kappa shape index (κ3) is 4.42. The van der Waals surface area contributed by atoms with E-state index < -0.39 is 15.1 Å². The van der Waals surface area contributed by atoms with Crippen molar-refractivity contribution in [2.45, 2.75) is 30.0 Å². The molecule has 0 saturated carbocycles. The van der Waals surface area contributed by atoms with Crippen molar-refractivity contribution in [3.8, 4) is 5.75 Å². The number of hydrogen-bond acceptors (Lipinski definition) is 6. The van der Waals surface area contributed by atoms with Gasteiger partial charge >= 0.3 is 6.03 Å². The number of fused-ring (bicyclic) bond motifs is 1. The predicted octanol–water partition coefficient (Wildman–Crippen LogP) is 3.81. The van der Waals surface area contributed by atoms with Crippen molar-refractivity contribution in [1.29, 1.82) is 0 Å². The van der Waals surface area contributed by atoms with Crippen LogP contribution in [0.25, 0.3) is 10.2 Å². The molecule has 0 unspecified atom stereocenters. The van der Waals surface area contributed by atoms with Gasteiger partial charge in [0.1, 0.15) is 5.75 Å². The van der Waals surface area contributed by atoms with Crippen LogP contribution in [0.2, 0.25) is 0 Å². The predicted molar refractivity (Wildman–Crippen MR) is 111 cm³/mol. The quantitative estimate of drug-likeness (QED) is 0.633. The van der Waals surface area contributed by atoms with E-state index in [1.807, 2.05) is 24.3 Å². The Kier molecular flexibility index (Phi) is 5.85. The van der Waals surface area contributed by atoms with E-state index in [1.165, 1.54) is 0 Å². The second-order valence-corrected chi connectivity index (χ2v) is 10.1. The number of thiazole rings is 1. The smallest absolute Gasteiger partial charge is 0.319 e. The highest BCUT2D eigenvalue weighted by Gasteiger charge is 2.23. The first-order chi connectivity index (χ1) is 13.3. The number of carbonyl (C=O) groups excluding carboxylic acids is 1. The van der Waals surface area contributed by atoms with Gasteiger partial charge in [0.15, 0.2) is 0 Å². The maximum Gasteiger partial charge on any atom is 0.319 e. The zero-order valence-corrected chi connectivity index (χ0v) is 17.4. The fourth-order valence-electron chi connectivity index (χ4n) is 2.44. The van der Waals surface area contributed by atoms with Gasteiger partial charge in [-0.25, -0.2) is 18.2 Å². The Morgan fingerprint density at radius 1 is 1.21 bits per heavy atom. The molecule has 7 nitrogen and oxygen atoms in total. The van der Waals surface area contributed by atoms with Crippen molar-refractivity contribution in [3.63, 3.8) is 0 Å². The van der Waals surface area contributed by atoms with Crippen molar-refractivity contribution in [2.24, 2.45) is 0 Å². The van der Waals surface area contributed by atoms with Crippen molar-refractivity contribution < 1.29 is 17.9 Å². The topological polar surface area (TPSA) is 97.4 Å². The number of methoxy groups -OCH3 is 1. The minimum Gasteiger partial charge on any atom is -0.497 e. The lowest BCUT2D eigenvalue weighted by molar-refractivity contribution is 0.251. The van der Waals surface area contributed by atoms with E-state index in [2.05, 4.69) is 15.6 Å². The summed E-state index contributed by atoms with van der Waals surface area (Å²) in [6.07, 6.45) is 0. The highest BCUT2D eigenvalue weighted by Crippen LogP contribution is 2.29. The van der Waals surface area contributed by atoms with Gasteiger partial charge in [-0.3, -0.25) is 0 Å². The van der Waals surface area contributed by atoms with Crippen LogP contribution >= 0.6 is 11.3 Å². The number of ether oxygens (including phenoxy) is 1. The minimum absolute atomic E-state index is 0.0946. The first-order valence-electron chi connectivity index (χ1n) is 8.62. The number of anilines is 1. The van der Waals surface area contributed by atoms with Gasteiger partial charge in [-0.1, -0.05) is 12.1 Å². The summed E-state index contributed by atoms with van der Waals surface area (Å²) in [4.78, 5) is 16.4. The van der Waals surface area contributed by atoms with Gasteiger partial charge in [0.25, 0.3) is 0 Å². The summed E-state index contributed by atoms with van der Waals surface area (Å²) in [7, 11) is -1.83. The fourth-order valence-corrected chi connectivity index (χ4v) is 5.12. The Bertz CT molecular complexity index is 1110.